The molecule has 2 aromatic rings. The Hall–Kier alpha value is -1.74. The summed E-state index contributed by atoms with van der Waals surface area (Å²) in [5, 5.41) is 3.43. The zero-order valence-corrected chi connectivity index (χ0v) is 12.7. The summed E-state index contributed by atoms with van der Waals surface area (Å²) in [6.45, 7) is 6.97. The molecule has 2 rings (SSSR count). The topological polar surface area (TPSA) is 12.0 Å². The van der Waals surface area contributed by atoms with Gasteiger partial charge in [0.05, 0.1) is 6.04 Å². The Bertz CT molecular complexity index is 623. The number of hydrogen-bond acceptors (Lipinski definition) is 1. The lowest BCUT2D eigenvalue weighted by Crippen LogP contribution is -2.24. The van der Waals surface area contributed by atoms with Gasteiger partial charge >= 0.3 is 0 Å². The molecule has 0 aliphatic carbocycles. The van der Waals surface area contributed by atoms with Crippen molar-refractivity contribution < 1.29 is 8.78 Å². The highest BCUT2D eigenvalue weighted by molar-refractivity contribution is 5.39. The summed E-state index contributed by atoms with van der Waals surface area (Å²) in [6.07, 6.45) is 0.977. The molecule has 3 heteroatoms. The van der Waals surface area contributed by atoms with E-state index in [2.05, 4.69) is 30.4 Å². The van der Waals surface area contributed by atoms with E-state index in [1.165, 1.54) is 12.1 Å². The fourth-order valence-electron chi connectivity index (χ4n) is 2.46. The summed E-state index contributed by atoms with van der Waals surface area (Å²) in [6, 6.07) is 10.2. The van der Waals surface area contributed by atoms with Crippen LogP contribution < -0.4 is 5.32 Å². The molecule has 0 spiro atoms. The minimum absolute atomic E-state index is 0.125. The minimum Gasteiger partial charge on any atom is -0.306 e. The molecule has 0 heterocycles. The molecule has 21 heavy (non-hydrogen) atoms. The highest BCUT2D eigenvalue weighted by Gasteiger charge is 2.17. The van der Waals surface area contributed by atoms with Gasteiger partial charge in [-0.25, -0.2) is 8.78 Å². The molecule has 0 saturated heterocycles. The van der Waals surface area contributed by atoms with Crippen LogP contribution in [-0.2, 0) is 0 Å². The van der Waals surface area contributed by atoms with Crippen molar-refractivity contribution >= 4 is 0 Å². The van der Waals surface area contributed by atoms with Gasteiger partial charge < -0.3 is 5.32 Å². The quantitative estimate of drug-likeness (QED) is 0.843. The molecule has 2 aromatic carbocycles. The van der Waals surface area contributed by atoms with E-state index in [4.69, 9.17) is 0 Å². The SMILES string of the molecule is CCCNC(c1ccc(F)c(F)c1)c1cc(C)ccc1C. The monoisotopic (exact) mass is 289 g/mol. The molecule has 0 aromatic heterocycles. The molecule has 1 N–H and O–H groups in total. The van der Waals surface area contributed by atoms with Gasteiger partial charge in [0.25, 0.3) is 0 Å². The Morgan fingerprint density at radius 1 is 1.00 bits per heavy atom. The first kappa shape index (κ1) is 15.6. The second-order valence-electron chi connectivity index (χ2n) is 5.42. The third-order valence-corrected chi connectivity index (χ3v) is 3.62. The lowest BCUT2D eigenvalue weighted by molar-refractivity contribution is 0.503. The number of nitrogens with one attached hydrogen (secondary N) is 1. The van der Waals surface area contributed by atoms with E-state index in [1.54, 1.807) is 6.07 Å². The van der Waals surface area contributed by atoms with Crippen LogP contribution in [0.15, 0.2) is 36.4 Å². The Kier molecular flexibility index (Phi) is 5.07. The van der Waals surface area contributed by atoms with Gasteiger partial charge in [0.2, 0.25) is 0 Å². The predicted octanol–water partition coefficient (Wildman–Crippen LogP) is 4.67. The van der Waals surface area contributed by atoms with E-state index < -0.39 is 11.6 Å². The summed E-state index contributed by atoms with van der Waals surface area (Å²) >= 11 is 0. The molecule has 0 aliphatic rings. The summed E-state index contributed by atoms with van der Waals surface area (Å²) in [5.74, 6) is -1.62. The Morgan fingerprint density at radius 2 is 1.76 bits per heavy atom. The fourth-order valence-corrected chi connectivity index (χ4v) is 2.46. The molecular formula is C18H21F2N. The van der Waals surface area contributed by atoms with Crippen LogP contribution in [0, 0.1) is 25.5 Å². The highest BCUT2D eigenvalue weighted by Crippen LogP contribution is 2.27. The van der Waals surface area contributed by atoms with Gasteiger partial charge in [-0.2, -0.15) is 0 Å². The molecule has 0 saturated carbocycles. The third-order valence-electron chi connectivity index (χ3n) is 3.62. The molecule has 0 bridgehead atoms. The maximum absolute atomic E-state index is 13.6. The van der Waals surface area contributed by atoms with Gasteiger partial charge in [-0.05, 0) is 55.6 Å². The molecule has 1 unspecified atom stereocenters. The molecule has 0 fully saturated rings. The van der Waals surface area contributed by atoms with Gasteiger partial charge in [0, 0.05) is 0 Å². The van der Waals surface area contributed by atoms with Crippen LogP contribution in [0.2, 0.25) is 0 Å². The van der Waals surface area contributed by atoms with Crippen molar-refractivity contribution in [1.29, 1.82) is 0 Å². The predicted molar refractivity (Wildman–Crippen MR) is 82.4 cm³/mol. The molecular weight excluding hydrogens is 268 g/mol. The van der Waals surface area contributed by atoms with Crippen molar-refractivity contribution in [2.24, 2.45) is 0 Å². The van der Waals surface area contributed by atoms with Gasteiger partial charge in [0.15, 0.2) is 11.6 Å². The fraction of sp³-hybridized carbons (Fsp3) is 0.333. The molecule has 0 amide bonds. The Labute approximate surface area is 125 Å². The Morgan fingerprint density at radius 3 is 2.43 bits per heavy atom. The number of aryl methyl sites for hydroxylation is 2. The standard InChI is InChI=1S/C18H21F2N/c1-4-9-21-18(14-7-8-16(19)17(20)11-14)15-10-12(2)5-6-13(15)3/h5-8,10-11,18,21H,4,9H2,1-3H3. The minimum atomic E-state index is -0.811. The maximum Gasteiger partial charge on any atom is 0.159 e. The van der Waals surface area contributed by atoms with Crippen LogP contribution in [0.1, 0.15) is 41.6 Å². The van der Waals surface area contributed by atoms with E-state index in [0.717, 1.165) is 35.2 Å². The number of rotatable bonds is 5. The normalized spacial score (nSPS) is 12.4. The van der Waals surface area contributed by atoms with Gasteiger partial charge in [-0.15, -0.1) is 0 Å². The van der Waals surface area contributed by atoms with Crippen LogP contribution in [0.5, 0.6) is 0 Å². The molecule has 0 radical (unpaired) electrons. The van der Waals surface area contributed by atoms with E-state index >= 15 is 0 Å². The summed E-state index contributed by atoms with van der Waals surface area (Å²) in [5.41, 5.74) is 4.14. The van der Waals surface area contributed by atoms with Crippen LogP contribution in [0.4, 0.5) is 8.78 Å². The van der Waals surface area contributed by atoms with Crippen molar-refractivity contribution in [1.82, 2.24) is 5.32 Å². The van der Waals surface area contributed by atoms with Crippen LogP contribution in [0.25, 0.3) is 0 Å². The molecule has 0 aliphatic heterocycles. The molecule has 112 valence electrons. The van der Waals surface area contributed by atoms with Crippen molar-refractivity contribution in [3.8, 4) is 0 Å². The first-order chi connectivity index (χ1) is 10.0. The summed E-state index contributed by atoms with van der Waals surface area (Å²) in [4.78, 5) is 0. The maximum atomic E-state index is 13.6. The lowest BCUT2D eigenvalue weighted by Gasteiger charge is -2.22. The summed E-state index contributed by atoms with van der Waals surface area (Å²) < 4.78 is 26.7. The average Bonchev–Trinajstić information content (AvgIpc) is 2.46. The van der Waals surface area contributed by atoms with E-state index in [9.17, 15) is 8.78 Å². The van der Waals surface area contributed by atoms with Crippen molar-refractivity contribution in [2.45, 2.75) is 33.2 Å². The lowest BCUT2D eigenvalue weighted by atomic mass is 9.93. The summed E-state index contributed by atoms with van der Waals surface area (Å²) in [7, 11) is 0. The zero-order valence-electron chi connectivity index (χ0n) is 12.7. The van der Waals surface area contributed by atoms with Gasteiger partial charge in [-0.1, -0.05) is 36.8 Å². The average molecular weight is 289 g/mol. The number of benzene rings is 2. The second-order valence-corrected chi connectivity index (χ2v) is 5.42. The van der Waals surface area contributed by atoms with Crippen molar-refractivity contribution in [3.05, 3.63) is 70.3 Å². The molecule has 1 nitrogen and oxygen atoms in total. The van der Waals surface area contributed by atoms with Crippen LogP contribution in [-0.4, -0.2) is 6.54 Å². The van der Waals surface area contributed by atoms with Gasteiger partial charge in [0.1, 0.15) is 0 Å². The zero-order chi connectivity index (χ0) is 15.4. The largest absolute Gasteiger partial charge is 0.306 e. The van der Waals surface area contributed by atoms with Crippen molar-refractivity contribution in [3.63, 3.8) is 0 Å². The first-order valence-corrected chi connectivity index (χ1v) is 7.28. The molecule has 1 atom stereocenters. The Balaban J connectivity index is 2.46. The van der Waals surface area contributed by atoms with Crippen LogP contribution in [0.3, 0.4) is 0 Å². The second kappa shape index (κ2) is 6.81. The highest BCUT2D eigenvalue weighted by atomic mass is 19.2. The third kappa shape index (κ3) is 3.67. The van der Waals surface area contributed by atoms with E-state index in [0.29, 0.717) is 0 Å². The van der Waals surface area contributed by atoms with Gasteiger partial charge in [-0.3, -0.25) is 0 Å². The number of hydrogen-bond donors (Lipinski definition) is 1. The van der Waals surface area contributed by atoms with Crippen LogP contribution >= 0.6 is 0 Å². The van der Waals surface area contributed by atoms with Crippen molar-refractivity contribution in [2.75, 3.05) is 6.54 Å². The van der Waals surface area contributed by atoms with E-state index in [-0.39, 0.29) is 6.04 Å². The van der Waals surface area contributed by atoms with E-state index in [1.807, 2.05) is 13.8 Å². The smallest absolute Gasteiger partial charge is 0.159 e. The number of halogens is 2. The first-order valence-electron chi connectivity index (χ1n) is 7.28.